The van der Waals surface area contributed by atoms with Crippen molar-refractivity contribution in [2.24, 2.45) is 0 Å². The molecule has 0 unspecified atom stereocenters. The summed E-state index contributed by atoms with van der Waals surface area (Å²) in [4.78, 5) is 35.2. The van der Waals surface area contributed by atoms with E-state index in [1.54, 1.807) is 24.3 Å². The molecule has 0 amide bonds. The Hall–Kier alpha value is -4.66. The van der Waals surface area contributed by atoms with Gasteiger partial charge in [-0.1, -0.05) is 6.07 Å². The van der Waals surface area contributed by atoms with Crippen molar-refractivity contribution in [1.82, 2.24) is 0 Å². The lowest BCUT2D eigenvalue weighted by Gasteiger charge is -2.08. The fourth-order valence-electron chi connectivity index (χ4n) is 2.90. The van der Waals surface area contributed by atoms with E-state index >= 15 is 0 Å². The van der Waals surface area contributed by atoms with Crippen molar-refractivity contribution in [3.05, 3.63) is 98.9 Å². The van der Waals surface area contributed by atoms with Gasteiger partial charge in [-0.25, -0.2) is 4.79 Å². The van der Waals surface area contributed by atoms with Crippen molar-refractivity contribution in [2.75, 3.05) is 7.11 Å². The fourth-order valence-corrected chi connectivity index (χ4v) is 2.90. The summed E-state index contributed by atoms with van der Waals surface area (Å²) in [5, 5.41) is 11.0. The molecule has 32 heavy (non-hydrogen) atoms. The molecule has 1 heterocycles. The van der Waals surface area contributed by atoms with Crippen LogP contribution < -0.4 is 19.6 Å². The molecule has 160 valence electrons. The van der Waals surface area contributed by atoms with Crippen LogP contribution in [0.5, 0.6) is 23.0 Å². The van der Waals surface area contributed by atoms with Gasteiger partial charge < -0.3 is 18.6 Å². The number of carbonyl (C=O) groups excluding carboxylic acids is 1. The van der Waals surface area contributed by atoms with Gasteiger partial charge in [-0.05, 0) is 36.4 Å². The summed E-state index contributed by atoms with van der Waals surface area (Å²) in [6.07, 6.45) is 1.17. The molecule has 9 heteroatoms. The Kier molecular flexibility index (Phi) is 5.54. The number of nitro benzene ring substituents is 1. The van der Waals surface area contributed by atoms with Crippen LogP contribution in [0.4, 0.5) is 5.69 Å². The van der Waals surface area contributed by atoms with Crippen LogP contribution in [0.1, 0.15) is 10.4 Å². The van der Waals surface area contributed by atoms with Crippen LogP contribution in [0, 0.1) is 10.1 Å². The maximum Gasteiger partial charge on any atom is 0.343 e. The topological polar surface area (TPSA) is 118 Å². The summed E-state index contributed by atoms with van der Waals surface area (Å²) in [5.41, 5.74) is -0.204. The van der Waals surface area contributed by atoms with E-state index < -0.39 is 16.3 Å². The summed E-state index contributed by atoms with van der Waals surface area (Å²) >= 11 is 0. The first-order valence-corrected chi connectivity index (χ1v) is 9.29. The molecule has 0 aliphatic heterocycles. The predicted molar refractivity (Wildman–Crippen MR) is 114 cm³/mol. The molecular weight excluding hydrogens is 418 g/mol. The molecule has 0 saturated heterocycles. The van der Waals surface area contributed by atoms with Crippen molar-refractivity contribution in [1.29, 1.82) is 0 Å². The van der Waals surface area contributed by atoms with Crippen LogP contribution in [0.15, 0.2) is 82.2 Å². The summed E-state index contributed by atoms with van der Waals surface area (Å²) < 4.78 is 21.5. The molecule has 0 spiro atoms. The van der Waals surface area contributed by atoms with E-state index in [-0.39, 0.29) is 33.7 Å². The molecule has 0 radical (unpaired) electrons. The van der Waals surface area contributed by atoms with Crippen LogP contribution in [-0.2, 0) is 0 Å². The van der Waals surface area contributed by atoms with Crippen molar-refractivity contribution in [2.45, 2.75) is 0 Å². The highest BCUT2D eigenvalue weighted by atomic mass is 16.6. The third kappa shape index (κ3) is 4.26. The van der Waals surface area contributed by atoms with Crippen LogP contribution >= 0.6 is 0 Å². The van der Waals surface area contributed by atoms with Crippen LogP contribution in [-0.4, -0.2) is 18.0 Å². The minimum Gasteiger partial charge on any atom is -0.497 e. The van der Waals surface area contributed by atoms with Crippen molar-refractivity contribution >= 4 is 22.6 Å². The Balaban J connectivity index is 1.55. The number of carbonyl (C=O) groups is 1. The highest BCUT2D eigenvalue weighted by molar-refractivity contribution is 5.92. The second kappa shape index (κ2) is 8.60. The van der Waals surface area contributed by atoms with Gasteiger partial charge in [-0.2, -0.15) is 0 Å². The Morgan fingerprint density at radius 1 is 0.969 bits per heavy atom. The number of methoxy groups -OCH3 is 1. The largest absolute Gasteiger partial charge is 0.497 e. The van der Waals surface area contributed by atoms with E-state index in [9.17, 15) is 19.7 Å². The number of hydrogen-bond donors (Lipinski definition) is 0. The van der Waals surface area contributed by atoms with Crippen LogP contribution in [0.2, 0.25) is 0 Å². The number of fused-ring (bicyclic) bond motifs is 1. The molecule has 0 atom stereocenters. The summed E-state index contributed by atoms with van der Waals surface area (Å²) in [6, 6.07) is 16.1. The predicted octanol–water partition coefficient (Wildman–Crippen LogP) is 4.72. The molecule has 0 aliphatic carbocycles. The lowest BCUT2D eigenvalue weighted by atomic mass is 10.2. The standard InChI is InChI=1S/C23H15NO8/c1-29-16-3-2-4-17(11-16)31-21-13-30-20-12-18(9-10-19(20)22(21)25)32-23(26)14-5-7-15(8-6-14)24(27)28/h2-13H,1H3. The van der Waals surface area contributed by atoms with Gasteiger partial charge in [0.25, 0.3) is 5.69 Å². The number of nitro groups is 1. The molecule has 4 rings (SSSR count). The quantitative estimate of drug-likeness (QED) is 0.185. The molecule has 4 aromatic rings. The molecule has 0 bridgehead atoms. The Morgan fingerprint density at radius 3 is 2.44 bits per heavy atom. The number of esters is 1. The number of benzene rings is 3. The number of non-ortho nitro benzene ring substituents is 1. The Morgan fingerprint density at radius 2 is 1.72 bits per heavy atom. The Labute approximate surface area is 180 Å². The third-order valence-electron chi connectivity index (χ3n) is 4.51. The van der Waals surface area contributed by atoms with E-state index in [1.807, 2.05) is 0 Å². The zero-order chi connectivity index (χ0) is 22.7. The summed E-state index contributed by atoms with van der Waals surface area (Å²) in [7, 11) is 1.52. The SMILES string of the molecule is COc1cccc(Oc2coc3cc(OC(=O)c4ccc([N+](=O)[O-])cc4)ccc3c2=O)c1. The second-order valence-electron chi connectivity index (χ2n) is 6.56. The second-order valence-corrected chi connectivity index (χ2v) is 6.56. The maximum atomic E-state index is 12.8. The van der Waals surface area contributed by atoms with E-state index in [4.69, 9.17) is 18.6 Å². The third-order valence-corrected chi connectivity index (χ3v) is 4.51. The average molecular weight is 433 g/mol. The van der Waals surface area contributed by atoms with Gasteiger partial charge in [0, 0.05) is 24.3 Å². The molecule has 9 nitrogen and oxygen atoms in total. The normalized spacial score (nSPS) is 10.5. The van der Waals surface area contributed by atoms with Crippen LogP contribution in [0.25, 0.3) is 11.0 Å². The first-order chi connectivity index (χ1) is 15.4. The molecule has 0 N–H and O–H groups in total. The van der Waals surface area contributed by atoms with E-state index in [2.05, 4.69) is 0 Å². The summed E-state index contributed by atoms with van der Waals surface area (Å²) in [6.45, 7) is 0. The molecular formula is C23H15NO8. The number of hydrogen-bond acceptors (Lipinski definition) is 8. The van der Waals surface area contributed by atoms with Gasteiger partial charge in [0.2, 0.25) is 11.2 Å². The van der Waals surface area contributed by atoms with E-state index in [0.29, 0.717) is 11.5 Å². The van der Waals surface area contributed by atoms with Gasteiger partial charge in [0.15, 0.2) is 0 Å². The average Bonchev–Trinajstić information content (AvgIpc) is 2.81. The van der Waals surface area contributed by atoms with Gasteiger partial charge in [0.1, 0.15) is 29.1 Å². The molecule has 0 saturated carbocycles. The van der Waals surface area contributed by atoms with Gasteiger partial charge in [-0.3, -0.25) is 14.9 Å². The summed E-state index contributed by atoms with van der Waals surface area (Å²) in [5.74, 6) is 0.406. The fraction of sp³-hybridized carbons (Fsp3) is 0.0435. The zero-order valence-corrected chi connectivity index (χ0v) is 16.6. The van der Waals surface area contributed by atoms with Gasteiger partial charge in [0.05, 0.1) is 23.0 Å². The first-order valence-electron chi connectivity index (χ1n) is 9.29. The first kappa shape index (κ1) is 20.6. The minimum absolute atomic E-state index is 0.0126. The van der Waals surface area contributed by atoms with Crippen molar-refractivity contribution in [3.8, 4) is 23.0 Å². The molecule has 0 aliphatic rings. The molecule has 1 aromatic heterocycles. The lowest BCUT2D eigenvalue weighted by molar-refractivity contribution is -0.384. The smallest absolute Gasteiger partial charge is 0.343 e. The number of ether oxygens (including phenoxy) is 3. The highest BCUT2D eigenvalue weighted by Gasteiger charge is 2.14. The minimum atomic E-state index is -0.709. The number of nitrogens with zero attached hydrogens (tertiary/aromatic N) is 1. The highest BCUT2D eigenvalue weighted by Crippen LogP contribution is 2.26. The zero-order valence-electron chi connectivity index (χ0n) is 16.6. The van der Waals surface area contributed by atoms with Crippen molar-refractivity contribution in [3.63, 3.8) is 0 Å². The van der Waals surface area contributed by atoms with Crippen LogP contribution in [0.3, 0.4) is 0 Å². The van der Waals surface area contributed by atoms with Gasteiger partial charge in [-0.15, -0.1) is 0 Å². The number of rotatable bonds is 6. The lowest BCUT2D eigenvalue weighted by Crippen LogP contribution is -2.09. The maximum absolute atomic E-state index is 12.8. The molecule has 0 fully saturated rings. The van der Waals surface area contributed by atoms with Crippen molar-refractivity contribution < 1.29 is 28.3 Å². The Bertz CT molecular complexity index is 1380. The van der Waals surface area contributed by atoms with Gasteiger partial charge >= 0.3 is 5.97 Å². The molecule has 3 aromatic carbocycles. The van der Waals surface area contributed by atoms with E-state index in [0.717, 1.165) is 0 Å². The monoisotopic (exact) mass is 433 g/mol. The van der Waals surface area contributed by atoms with E-state index in [1.165, 1.54) is 55.8 Å².